The quantitative estimate of drug-likeness (QED) is 0.269. The topological polar surface area (TPSA) is 86.1 Å². The number of carbonyl (C=O) groups is 2. The molecule has 0 saturated carbocycles. The van der Waals surface area contributed by atoms with Gasteiger partial charge in [-0.3, -0.25) is 4.79 Å². The molecule has 1 unspecified atom stereocenters. The van der Waals surface area contributed by atoms with Crippen molar-refractivity contribution in [1.29, 1.82) is 0 Å². The zero-order valence-electron chi connectivity index (χ0n) is 20.9. The van der Waals surface area contributed by atoms with Crippen LogP contribution in [0.1, 0.15) is 64.9 Å². The van der Waals surface area contributed by atoms with Gasteiger partial charge in [-0.25, -0.2) is 4.79 Å². The van der Waals surface area contributed by atoms with Crippen LogP contribution in [0, 0.1) is 12.8 Å². The molecule has 1 atom stereocenters. The number of fused-ring (bicyclic) bond motifs is 1. The van der Waals surface area contributed by atoms with Crippen molar-refractivity contribution in [2.45, 2.75) is 71.5 Å². The number of hydrogen-bond donors (Lipinski definition) is 1. The first kappa shape index (κ1) is 25.9. The SMILES string of the molecule is CCCn1c(SCC(=O)Nc2sc3c(c2C(=O)OC)CCC(C)C3)nnc1-c1csc(C)c1CC. The van der Waals surface area contributed by atoms with Gasteiger partial charge >= 0.3 is 5.97 Å². The molecule has 3 aromatic heterocycles. The van der Waals surface area contributed by atoms with Gasteiger partial charge < -0.3 is 14.6 Å². The molecule has 1 N–H and O–H groups in total. The van der Waals surface area contributed by atoms with Crippen molar-refractivity contribution in [2.24, 2.45) is 5.92 Å². The van der Waals surface area contributed by atoms with E-state index in [0.717, 1.165) is 60.8 Å². The fourth-order valence-corrected chi connectivity index (χ4v) is 7.69. The highest BCUT2D eigenvalue weighted by Gasteiger charge is 2.29. The molecule has 0 saturated heterocycles. The minimum atomic E-state index is -0.384. The van der Waals surface area contributed by atoms with Crippen LogP contribution in [-0.4, -0.2) is 39.5 Å². The minimum Gasteiger partial charge on any atom is -0.465 e. The summed E-state index contributed by atoms with van der Waals surface area (Å²) in [7, 11) is 1.39. The first-order valence-electron chi connectivity index (χ1n) is 12.0. The van der Waals surface area contributed by atoms with E-state index < -0.39 is 0 Å². The van der Waals surface area contributed by atoms with Crippen LogP contribution in [0.5, 0.6) is 0 Å². The summed E-state index contributed by atoms with van der Waals surface area (Å²) in [5.41, 5.74) is 4.00. The highest BCUT2D eigenvalue weighted by atomic mass is 32.2. The van der Waals surface area contributed by atoms with E-state index in [9.17, 15) is 9.59 Å². The number of thiophene rings is 2. The van der Waals surface area contributed by atoms with Gasteiger partial charge in [-0.05, 0) is 56.1 Å². The molecule has 0 radical (unpaired) electrons. The van der Waals surface area contributed by atoms with Gasteiger partial charge in [-0.1, -0.05) is 32.5 Å². The van der Waals surface area contributed by atoms with Crippen LogP contribution in [0.15, 0.2) is 10.5 Å². The number of anilines is 1. The second-order valence-corrected chi connectivity index (χ2v) is 12.0. The van der Waals surface area contributed by atoms with Crippen molar-refractivity contribution in [1.82, 2.24) is 14.8 Å². The van der Waals surface area contributed by atoms with Crippen LogP contribution in [0.3, 0.4) is 0 Å². The van der Waals surface area contributed by atoms with E-state index in [1.54, 1.807) is 11.3 Å². The molecule has 1 aliphatic rings. The third kappa shape index (κ3) is 5.34. The van der Waals surface area contributed by atoms with Gasteiger partial charge in [0.1, 0.15) is 5.00 Å². The van der Waals surface area contributed by atoms with Gasteiger partial charge in [-0.2, -0.15) is 0 Å². The van der Waals surface area contributed by atoms with Crippen LogP contribution < -0.4 is 5.32 Å². The number of rotatable bonds is 9. The first-order valence-corrected chi connectivity index (χ1v) is 14.7. The van der Waals surface area contributed by atoms with Crippen molar-refractivity contribution in [3.8, 4) is 11.4 Å². The van der Waals surface area contributed by atoms with Crippen LogP contribution in [0.25, 0.3) is 11.4 Å². The van der Waals surface area contributed by atoms with E-state index in [4.69, 9.17) is 4.74 Å². The number of aryl methyl sites for hydroxylation is 1. The molecule has 0 aromatic carbocycles. The molecule has 0 fully saturated rings. The summed E-state index contributed by atoms with van der Waals surface area (Å²) >= 11 is 4.61. The fourth-order valence-electron chi connectivity index (χ4n) is 4.58. The Balaban J connectivity index is 1.52. The summed E-state index contributed by atoms with van der Waals surface area (Å²) in [5, 5.41) is 15.4. The Kier molecular flexibility index (Phi) is 8.34. The molecular weight excluding hydrogens is 501 g/mol. The largest absolute Gasteiger partial charge is 0.465 e. The third-order valence-corrected chi connectivity index (χ3v) is 9.44. The predicted molar refractivity (Wildman–Crippen MR) is 144 cm³/mol. The van der Waals surface area contributed by atoms with Crippen LogP contribution in [0.4, 0.5) is 5.00 Å². The van der Waals surface area contributed by atoms with Crippen LogP contribution in [0.2, 0.25) is 0 Å². The maximum Gasteiger partial charge on any atom is 0.341 e. The number of methoxy groups -OCH3 is 1. The number of nitrogens with zero attached hydrogens (tertiary/aromatic N) is 3. The molecule has 7 nitrogen and oxygen atoms in total. The Morgan fingerprint density at radius 1 is 1.31 bits per heavy atom. The van der Waals surface area contributed by atoms with E-state index in [1.807, 2.05) is 0 Å². The molecule has 0 aliphatic heterocycles. The summed E-state index contributed by atoms with van der Waals surface area (Å²) < 4.78 is 7.15. The first-order chi connectivity index (χ1) is 16.9. The normalized spacial score (nSPS) is 15.2. The van der Waals surface area contributed by atoms with Gasteiger partial charge in [0.05, 0.1) is 18.4 Å². The third-order valence-electron chi connectivity index (χ3n) is 6.35. The zero-order chi connectivity index (χ0) is 25.1. The highest BCUT2D eigenvalue weighted by Crippen LogP contribution is 2.40. The number of aromatic nitrogens is 3. The second-order valence-electron chi connectivity index (χ2n) is 8.88. The number of esters is 1. The monoisotopic (exact) mass is 532 g/mol. The predicted octanol–water partition coefficient (Wildman–Crippen LogP) is 5.99. The van der Waals surface area contributed by atoms with Crippen molar-refractivity contribution < 1.29 is 14.3 Å². The van der Waals surface area contributed by atoms with Gasteiger partial charge in [0.15, 0.2) is 11.0 Å². The molecule has 3 heterocycles. The van der Waals surface area contributed by atoms with E-state index >= 15 is 0 Å². The number of hydrogen-bond acceptors (Lipinski definition) is 8. The average molecular weight is 533 g/mol. The van der Waals surface area contributed by atoms with Gasteiger partial charge in [0.2, 0.25) is 5.91 Å². The summed E-state index contributed by atoms with van der Waals surface area (Å²) in [6, 6.07) is 0. The highest BCUT2D eigenvalue weighted by molar-refractivity contribution is 7.99. The number of carbonyl (C=O) groups excluding carboxylic acids is 2. The zero-order valence-corrected chi connectivity index (χ0v) is 23.3. The number of amides is 1. The molecule has 3 aromatic rings. The van der Waals surface area contributed by atoms with E-state index in [2.05, 4.69) is 53.2 Å². The summed E-state index contributed by atoms with van der Waals surface area (Å²) in [6.45, 7) is 9.42. The Morgan fingerprint density at radius 2 is 2.11 bits per heavy atom. The molecule has 4 rings (SSSR count). The molecule has 188 valence electrons. The lowest BCUT2D eigenvalue weighted by atomic mass is 9.88. The molecule has 0 spiro atoms. The summed E-state index contributed by atoms with van der Waals surface area (Å²) in [4.78, 5) is 27.9. The standard InChI is InChI=1S/C25H32N4O3S3/c1-6-10-29-22(18-12-33-15(4)16(18)7-2)27-28-25(29)34-13-20(30)26-23-21(24(31)32-5)17-9-8-14(3)11-19(17)35-23/h12,14H,6-11,13H2,1-5H3,(H,26,30). The van der Waals surface area contributed by atoms with Crippen molar-refractivity contribution >= 4 is 51.3 Å². The Hall–Kier alpha value is -2.17. The molecule has 10 heteroatoms. The van der Waals surface area contributed by atoms with E-state index in [-0.39, 0.29) is 17.6 Å². The molecule has 0 bridgehead atoms. The summed E-state index contributed by atoms with van der Waals surface area (Å²) in [5.74, 6) is 1.07. The molecule has 1 amide bonds. The van der Waals surface area contributed by atoms with Gasteiger partial charge in [-0.15, -0.1) is 32.9 Å². The minimum absolute atomic E-state index is 0.167. The number of thioether (sulfide) groups is 1. The van der Waals surface area contributed by atoms with Crippen molar-refractivity contribution in [3.63, 3.8) is 0 Å². The Bertz CT molecular complexity index is 1230. The Morgan fingerprint density at radius 3 is 2.83 bits per heavy atom. The lowest BCUT2D eigenvalue weighted by molar-refractivity contribution is -0.113. The van der Waals surface area contributed by atoms with E-state index in [1.165, 1.54) is 45.5 Å². The molecular formula is C25H32N4O3S3. The lowest BCUT2D eigenvalue weighted by Gasteiger charge is -2.18. The summed E-state index contributed by atoms with van der Waals surface area (Å²) in [6.07, 6.45) is 4.69. The van der Waals surface area contributed by atoms with Gasteiger partial charge in [0.25, 0.3) is 0 Å². The lowest BCUT2D eigenvalue weighted by Crippen LogP contribution is -2.17. The maximum absolute atomic E-state index is 12.9. The van der Waals surface area contributed by atoms with E-state index in [0.29, 0.717) is 16.5 Å². The average Bonchev–Trinajstić information content (AvgIpc) is 3.51. The van der Waals surface area contributed by atoms with Crippen LogP contribution >= 0.6 is 34.4 Å². The van der Waals surface area contributed by atoms with Gasteiger partial charge in [0, 0.05) is 27.2 Å². The fraction of sp³-hybridized carbons (Fsp3) is 0.520. The number of nitrogens with one attached hydrogen (secondary N) is 1. The second kappa shape index (κ2) is 11.3. The molecule has 1 aliphatic carbocycles. The smallest absolute Gasteiger partial charge is 0.341 e. The molecule has 35 heavy (non-hydrogen) atoms. The van der Waals surface area contributed by atoms with Crippen molar-refractivity contribution in [3.05, 3.63) is 31.8 Å². The number of ether oxygens (including phenoxy) is 1. The van der Waals surface area contributed by atoms with Crippen molar-refractivity contribution in [2.75, 3.05) is 18.2 Å². The maximum atomic E-state index is 12.9. The van der Waals surface area contributed by atoms with Crippen LogP contribution in [-0.2, 0) is 35.3 Å². The Labute approximate surface area is 218 Å².